The van der Waals surface area contributed by atoms with Crippen LogP contribution in [0.3, 0.4) is 0 Å². The summed E-state index contributed by atoms with van der Waals surface area (Å²) in [7, 11) is 0. The molecule has 0 aromatic heterocycles. The first-order valence-corrected chi connectivity index (χ1v) is 16.8. The standard InChI is InChI=1S/C37H53N3O6/c1-6-7-24-45-35(43)31(23-22-28-16-10-8-11-17-28)38-27(2)34(42)40(30-20-14-15-21-30)26-33(41)39-32(36(44)46-37(3,4)5)25-29-18-12-9-13-19-29/h8-13,16-19,27,30-32,38H,6-7,14-15,20-26H2,1-5H3,(H,39,41)/t27-,31-,32-/m0/s1. The van der Waals surface area contributed by atoms with E-state index in [1.54, 1.807) is 32.6 Å². The highest BCUT2D eigenvalue weighted by Crippen LogP contribution is 2.24. The Morgan fingerprint density at radius 3 is 2.09 bits per heavy atom. The van der Waals surface area contributed by atoms with Gasteiger partial charge in [-0.25, -0.2) is 4.79 Å². The second-order valence-corrected chi connectivity index (χ2v) is 13.2. The van der Waals surface area contributed by atoms with E-state index in [4.69, 9.17) is 9.47 Å². The van der Waals surface area contributed by atoms with Gasteiger partial charge in [-0.05, 0) is 70.9 Å². The summed E-state index contributed by atoms with van der Waals surface area (Å²) < 4.78 is 11.2. The highest BCUT2D eigenvalue weighted by atomic mass is 16.6. The molecule has 3 rings (SSSR count). The molecule has 1 fully saturated rings. The molecular weight excluding hydrogens is 582 g/mol. The summed E-state index contributed by atoms with van der Waals surface area (Å²) in [4.78, 5) is 55.4. The topological polar surface area (TPSA) is 114 Å². The van der Waals surface area contributed by atoms with E-state index < -0.39 is 35.6 Å². The lowest BCUT2D eigenvalue weighted by Gasteiger charge is -2.33. The maximum Gasteiger partial charge on any atom is 0.329 e. The summed E-state index contributed by atoms with van der Waals surface area (Å²) in [5, 5.41) is 6.10. The number of hydrogen-bond acceptors (Lipinski definition) is 7. The molecule has 2 aromatic rings. The van der Waals surface area contributed by atoms with Crippen LogP contribution in [0.4, 0.5) is 0 Å². The van der Waals surface area contributed by atoms with Crippen molar-refractivity contribution in [3.8, 4) is 0 Å². The summed E-state index contributed by atoms with van der Waals surface area (Å²) in [6, 6.07) is 16.9. The van der Waals surface area contributed by atoms with Crippen molar-refractivity contribution in [2.75, 3.05) is 13.2 Å². The highest BCUT2D eigenvalue weighted by Gasteiger charge is 2.34. The molecule has 2 amide bonds. The van der Waals surface area contributed by atoms with Crippen molar-refractivity contribution in [3.05, 3.63) is 71.8 Å². The van der Waals surface area contributed by atoms with Crippen LogP contribution >= 0.6 is 0 Å². The zero-order valence-electron chi connectivity index (χ0n) is 28.3. The Labute approximate surface area is 274 Å². The number of rotatable bonds is 17. The molecular formula is C37H53N3O6. The molecule has 9 nitrogen and oxygen atoms in total. The molecule has 9 heteroatoms. The lowest BCUT2D eigenvalue weighted by atomic mass is 10.0. The van der Waals surface area contributed by atoms with E-state index in [0.717, 1.165) is 49.7 Å². The van der Waals surface area contributed by atoms with Crippen molar-refractivity contribution >= 4 is 23.8 Å². The zero-order valence-corrected chi connectivity index (χ0v) is 28.3. The summed E-state index contributed by atoms with van der Waals surface area (Å²) in [5.74, 6) is -1.60. The van der Waals surface area contributed by atoms with Gasteiger partial charge in [0.2, 0.25) is 11.8 Å². The minimum absolute atomic E-state index is 0.101. The van der Waals surface area contributed by atoms with Gasteiger partial charge in [-0.1, -0.05) is 86.8 Å². The maximum atomic E-state index is 14.0. The number of aryl methyl sites for hydroxylation is 1. The number of nitrogens with one attached hydrogen (secondary N) is 2. The molecule has 1 saturated carbocycles. The second-order valence-electron chi connectivity index (χ2n) is 13.2. The number of hydrogen-bond donors (Lipinski definition) is 2. The predicted octanol–water partition coefficient (Wildman–Crippen LogP) is 5.15. The van der Waals surface area contributed by atoms with Gasteiger partial charge in [0.15, 0.2) is 0 Å². The number of nitrogens with zero attached hydrogens (tertiary/aromatic N) is 1. The van der Waals surface area contributed by atoms with Crippen molar-refractivity contribution in [3.63, 3.8) is 0 Å². The number of unbranched alkanes of at least 4 members (excludes halogenated alkanes) is 1. The third-order valence-corrected chi connectivity index (χ3v) is 8.08. The molecule has 0 radical (unpaired) electrons. The molecule has 0 heterocycles. The van der Waals surface area contributed by atoms with Gasteiger partial charge in [-0.3, -0.25) is 19.7 Å². The third kappa shape index (κ3) is 12.6. The molecule has 1 aliphatic rings. The summed E-state index contributed by atoms with van der Waals surface area (Å²) in [6.07, 6.45) is 6.57. The minimum Gasteiger partial charge on any atom is -0.465 e. The molecule has 0 spiro atoms. The van der Waals surface area contributed by atoms with Crippen molar-refractivity contribution in [1.29, 1.82) is 0 Å². The minimum atomic E-state index is -0.912. The number of carbonyl (C=O) groups excluding carboxylic acids is 4. The fourth-order valence-corrected chi connectivity index (χ4v) is 5.68. The number of amides is 2. The molecule has 2 N–H and O–H groups in total. The normalized spacial score (nSPS) is 15.4. The average Bonchev–Trinajstić information content (AvgIpc) is 3.56. The lowest BCUT2D eigenvalue weighted by Crippen LogP contribution is -2.56. The Morgan fingerprint density at radius 2 is 1.50 bits per heavy atom. The van der Waals surface area contributed by atoms with Crippen LogP contribution in [0.2, 0.25) is 0 Å². The van der Waals surface area contributed by atoms with E-state index in [-0.39, 0.29) is 30.9 Å². The van der Waals surface area contributed by atoms with Gasteiger partial charge in [0.05, 0.1) is 19.2 Å². The number of esters is 2. The first-order chi connectivity index (χ1) is 22.0. The van der Waals surface area contributed by atoms with Gasteiger partial charge in [0, 0.05) is 12.5 Å². The van der Waals surface area contributed by atoms with Crippen LogP contribution in [0.15, 0.2) is 60.7 Å². The monoisotopic (exact) mass is 635 g/mol. The van der Waals surface area contributed by atoms with E-state index in [1.807, 2.05) is 67.6 Å². The van der Waals surface area contributed by atoms with Crippen LogP contribution in [0.5, 0.6) is 0 Å². The van der Waals surface area contributed by atoms with Crippen molar-refractivity contribution < 1.29 is 28.7 Å². The second kappa shape index (κ2) is 18.4. The predicted molar refractivity (Wildman–Crippen MR) is 179 cm³/mol. The summed E-state index contributed by atoms with van der Waals surface area (Å²) in [5.41, 5.74) is 1.25. The van der Waals surface area contributed by atoms with E-state index in [0.29, 0.717) is 19.4 Å². The largest absolute Gasteiger partial charge is 0.465 e. The highest BCUT2D eigenvalue weighted by molar-refractivity contribution is 5.90. The fraction of sp³-hybridized carbons (Fsp3) is 0.568. The third-order valence-electron chi connectivity index (χ3n) is 8.08. The summed E-state index contributed by atoms with van der Waals surface area (Å²) >= 11 is 0. The van der Waals surface area contributed by atoms with Crippen LogP contribution < -0.4 is 10.6 Å². The van der Waals surface area contributed by atoms with Gasteiger partial charge in [-0.2, -0.15) is 0 Å². The van der Waals surface area contributed by atoms with E-state index >= 15 is 0 Å². The number of ether oxygens (including phenoxy) is 2. The first kappa shape index (κ1) is 36.7. The van der Waals surface area contributed by atoms with E-state index in [9.17, 15) is 19.2 Å². The lowest BCUT2D eigenvalue weighted by molar-refractivity contribution is -0.158. The molecule has 0 bridgehead atoms. The SMILES string of the molecule is CCCCOC(=O)[C@H](CCc1ccccc1)N[C@@H](C)C(=O)N(CC(=O)N[C@@H](Cc1ccccc1)C(=O)OC(C)(C)C)C1CCCC1. The molecule has 46 heavy (non-hydrogen) atoms. The molecule has 1 aliphatic carbocycles. The Morgan fingerprint density at radius 1 is 0.891 bits per heavy atom. The molecule has 0 saturated heterocycles. The van der Waals surface area contributed by atoms with E-state index in [1.165, 1.54) is 0 Å². The van der Waals surface area contributed by atoms with Crippen molar-refractivity contribution in [2.24, 2.45) is 0 Å². The van der Waals surface area contributed by atoms with Crippen LogP contribution in [-0.4, -0.2) is 71.6 Å². The van der Waals surface area contributed by atoms with Gasteiger partial charge < -0.3 is 19.7 Å². The molecule has 2 aromatic carbocycles. The smallest absolute Gasteiger partial charge is 0.329 e. The van der Waals surface area contributed by atoms with Crippen LogP contribution in [0, 0.1) is 0 Å². The van der Waals surface area contributed by atoms with Gasteiger partial charge in [0.25, 0.3) is 0 Å². The Kier molecular flexibility index (Phi) is 14.7. The summed E-state index contributed by atoms with van der Waals surface area (Å²) in [6.45, 7) is 9.26. The van der Waals surface area contributed by atoms with Gasteiger partial charge in [0.1, 0.15) is 17.7 Å². The molecule has 252 valence electrons. The first-order valence-electron chi connectivity index (χ1n) is 16.8. The Hall–Kier alpha value is -3.72. The number of benzene rings is 2. The van der Waals surface area contributed by atoms with Crippen LogP contribution in [0.25, 0.3) is 0 Å². The molecule has 0 aliphatic heterocycles. The molecule has 0 unspecified atom stereocenters. The van der Waals surface area contributed by atoms with E-state index in [2.05, 4.69) is 10.6 Å². The average molecular weight is 636 g/mol. The quantitative estimate of drug-likeness (QED) is 0.183. The Bertz CT molecular complexity index is 1240. The van der Waals surface area contributed by atoms with Gasteiger partial charge in [-0.15, -0.1) is 0 Å². The fourth-order valence-electron chi connectivity index (χ4n) is 5.68. The van der Waals surface area contributed by atoms with Crippen LogP contribution in [-0.2, 0) is 41.5 Å². The number of carbonyl (C=O) groups is 4. The van der Waals surface area contributed by atoms with Gasteiger partial charge >= 0.3 is 11.9 Å². The molecule has 3 atom stereocenters. The van der Waals surface area contributed by atoms with Crippen molar-refractivity contribution in [2.45, 2.75) is 122 Å². The Balaban J connectivity index is 1.73. The van der Waals surface area contributed by atoms with Crippen molar-refractivity contribution in [1.82, 2.24) is 15.5 Å². The maximum absolute atomic E-state index is 14.0. The zero-order chi connectivity index (χ0) is 33.5. The van der Waals surface area contributed by atoms with Crippen LogP contribution in [0.1, 0.15) is 90.7 Å².